The first kappa shape index (κ1) is 16.1. The van der Waals surface area contributed by atoms with Gasteiger partial charge in [-0.05, 0) is 42.0 Å². The van der Waals surface area contributed by atoms with Crippen molar-refractivity contribution in [2.45, 2.75) is 6.18 Å². The van der Waals surface area contributed by atoms with Crippen molar-refractivity contribution in [2.24, 2.45) is 0 Å². The molecule has 3 rings (SSSR count). The first-order valence-electron chi connectivity index (χ1n) is 7.23. The van der Waals surface area contributed by atoms with Crippen LogP contribution < -0.4 is 9.47 Å². The Labute approximate surface area is 136 Å². The SMILES string of the molecule is O=C(C=Cc1ccc(C(F)(F)F)cc1)c1ccc2c(c1)OCCO2. The molecule has 0 saturated heterocycles. The smallest absolute Gasteiger partial charge is 0.416 e. The van der Waals surface area contributed by atoms with E-state index in [1.54, 1.807) is 18.2 Å². The molecule has 0 fully saturated rings. The zero-order chi connectivity index (χ0) is 17.2. The Morgan fingerprint density at radius 2 is 1.62 bits per heavy atom. The Morgan fingerprint density at radius 3 is 2.29 bits per heavy atom. The van der Waals surface area contributed by atoms with E-state index in [0.29, 0.717) is 35.8 Å². The molecule has 0 bridgehead atoms. The van der Waals surface area contributed by atoms with Crippen molar-refractivity contribution in [3.05, 3.63) is 65.2 Å². The highest BCUT2D eigenvalue weighted by atomic mass is 19.4. The van der Waals surface area contributed by atoms with Crippen LogP contribution in [-0.2, 0) is 6.18 Å². The number of benzene rings is 2. The van der Waals surface area contributed by atoms with Crippen LogP contribution in [0.5, 0.6) is 11.5 Å². The second kappa shape index (κ2) is 6.39. The largest absolute Gasteiger partial charge is 0.486 e. The molecule has 0 saturated carbocycles. The van der Waals surface area contributed by atoms with E-state index in [0.717, 1.165) is 12.1 Å². The van der Waals surface area contributed by atoms with Crippen molar-refractivity contribution in [3.8, 4) is 11.5 Å². The molecule has 0 aromatic heterocycles. The molecule has 6 heteroatoms. The standard InChI is InChI=1S/C18H13F3O3/c19-18(20,21)14-5-1-12(2-6-14)3-7-15(22)13-4-8-16-17(11-13)24-10-9-23-16/h1-8,11H,9-10H2. The van der Waals surface area contributed by atoms with Gasteiger partial charge in [0.25, 0.3) is 0 Å². The Kier molecular flexibility index (Phi) is 4.29. The molecular formula is C18H13F3O3. The second-order valence-electron chi connectivity index (χ2n) is 5.18. The Hall–Kier alpha value is -2.76. The lowest BCUT2D eigenvalue weighted by Gasteiger charge is -2.18. The van der Waals surface area contributed by atoms with Crippen molar-refractivity contribution >= 4 is 11.9 Å². The number of fused-ring (bicyclic) bond motifs is 1. The van der Waals surface area contributed by atoms with E-state index in [1.807, 2.05) is 0 Å². The molecule has 0 unspecified atom stereocenters. The van der Waals surface area contributed by atoms with Gasteiger partial charge in [0.05, 0.1) is 5.56 Å². The molecule has 1 aliphatic rings. The van der Waals surface area contributed by atoms with E-state index >= 15 is 0 Å². The summed E-state index contributed by atoms with van der Waals surface area (Å²) in [5.41, 5.74) is 0.203. The van der Waals surface area contributed by atoms with Gasteiger partial charge in [-0.15, -0.1) is 0 Å². The Bertz CT molecular complexity index is 777. The minimum absolute atomic E-state index is 0.271. The fraction of sp³-hybridized carbons (Fsp3) is 0.167. The molecule has 24 heavy (non-hydrogen) atoms. The number of carbonyl (C=O) groups is 1. The molecule has 3 nitrogen and oxygen atoms in total. The average Bonchev–Trinajstić information content (AvgIpc) is 2.59. The molecule has 0 amide bonds. The minimum atomic E-state index is -4.37. The van der Waals surface area contributed by atoms with Crippen LogP contribution in [0.1, 0.15) is 21.5 Å². The van der Waals surface area contributed by atoms with E-state index in [2.05, 4.69) is 0 Å². The summed E-state index contributed by atoms with van der Waals surface area (Å²) >= 11 is 0. The van der Waals surface area contributed by atoms with Crippen molar-refractivity contribution in [3.63, 3.8) is 0 Å². The van der Waals surface area contributed by atoms with Crippen LogP contribution >= 0.6 is 0 Å². The van der Waals surface area contributed by atoms with E-state index in [1.165, 1.54) is 24.3 Å². The summed E-state index contributed by atoms with van der Waals surface area (Å²) in [5.74, 6) is 0.825. The zero-order valence-electron chi connectivity index (χ0n) is 12.5. The molecule has 2 aromatic carbocycles. The van der Waals surface area contributed by atoms with Crippen LogP contribution in [0.2, 0.25) is 0 Å². The lowest BCUT2D eigenvalue weighted by Crippen LogP contribution is -2.15. The maximum atomic E-state index is 12.5. The van der Waals surface area contributed by atoms with Gasteiger partial charge in [-0.3, -0.25) is 4.79 Å². The zero-order valence-corrected chi connectivity index (χ0v) is 12.5. The summed E-state index contributed by atoms with van der Waals surface area (Å²) in [4.78, 5) is 12.2. The molecule has 0 aliphatic carbocycles. The van der Waals surface area contributed by atoms with Crippen molar-refractivity contribution in [2.75, 3.05) is 13.2 Å². The molecule has 1 aliphatic heterocycles. The van der Waals surface area contributed by atoms with Gasteiger partial charge in [0.15, 0.2) is 17.3 Å². The summed E-state index contributed by atoms with van der Waals surface area (Å²) in [6.07, 6.45) is -1.59. The number of carbonyl (C=O) groups excluding carboxylic acids is 1. The van der Waals surface area contributed by atoms with Crippen molar-refractivity contribution in [1.29, 1.82) is 0 Å². The quantitative estimate of drug-likeness (QED) is 0.617. The number of ether oxygens (including phenoxy) is 2. The Balaban J connectivity index is 1.73. The van der Waals surface area contributed by atoms with Crippen molar-refractivity contribution < 1.29 is 27.4 Å². The van der Waals surface area contributed by atoms with Gasteiger partial charge in [-0.2, -0.15) is 13.2 Å². The molecule has 0 N–H and O–H groups in total. The van der Waals surface area contributed by atoms with Gasteiger partial charge in [-0.25, -0.2) is 0 Å². The van der Waals surface area contributed by atoms with Crippen molar-refractivity contribution in [1.82, 2.24) is 0 Å². The lowest BCUT2D eigenvalue weighted by atomic mass is 10.1. The molecule has 0 atom stereocenters. The summed E-state index contributed by atoms with van der Waals surface area (Å²) in [6.45, 7) is 0.889. The first-order chi connectivity index (χ1) is 11.4. The maximum Gasteiger partial charge on any atom is 0.416 e. The summed E-state index contributed by atoms with van der Waals surface area (Å²) in [6, 6.07) is 9.46. The third kappa shape index (κ3) is 3.59. The molecule has 1 heterocycles. The van der Waals surface area contributed by atoms with Crippen LogP contribution in [0.4, 0.5) is 13.2 Å². The van der Waals surface area contributed by atoms with Gasteiger partial charge in [0.2, 0.25) is 0 Å². The number of ketones is 1. The monoisotopic (exact) mass is 334 g/mol. The highest BCUT2D eigenvalue weighted by molar-refractivity contribution is 6.07. The fourth-order valence-electron chi connectivity index (χ4n) is 2.25. The first-order valence-corrected chi connectivity index (χ1v) is 7.23. The number of halogens is 3. The van der Waals surface area contributed by atoms with Crippen LogP contribution in [0.25, 0.3) is 6.08 Å². The van der Waals surface area contributed by atoms with E-state index in [9.17, 15) is 18.0 Å². The van der Waals surface area contributed by atoms with Gasteiger partial charge in [0.1, 0.15) is 13.2 Å². The Morgan fingerprint density at radius 1 is 0.958 bits per heavy atom. The molecular weight excluding hydrogens is 321 g/mol. The normalized spacial score (nSPS) is 14.0. The average molecular weight is 334 g/mol. The predicted molar refractivity (Wildman–Crippen MR) is 82.2 cm³/mol. The molecule has 0 radical (unpaired) electrons. The van der Waals surface area contributed by atoms with Gasteiger partial charge >= 0.3 is 6.18 Å². The third-order valence-electron chi connectivity index (χ3n) is 3.49. The summed E-state index contributed by atoms with van der Waals surface area (Å²) < 4.78 is 48.3. The number of hydrogen-bond donors (Lipinski definition) is 0. The van der Waals surface area contributed by atoms with E-state index in [4.69, 9.17) is 9.47 Å². The molecule has 0 spiro atoms. The van der Waals surface area contributed by atoms with E-state index in [-0.39, 0.29) is 5.78 Å². The highest BCUT2D eigenvalue weighted by Gasteiger charge is 2.29. The van der Waals surface area contributed by atoms with Gasteiger partial charge in [0, 0.05) is 5.56 Å². The van der Waals surface area contributed by atoms with Gasteiger partial charge in [-0.1, -0.05) is 18.2 Å². The second-order valence-corrected chi connectivity index (χ2v) is 5.18. The number of alkyl halides is 3. The van der Waals surface area contributed by atoms with Crippen LogP contribution in [0, 0.1) is 0 Å². The topological polar surface area (TPSA) is 35.5 Å². The van der Waals surface area contributed by atoms with Gasteiger partial charge < -0.3 is 9.47 Å². The number of allylic oxidation sites excluding steroid dienone is 1. The van der Waals surface area contributed by atoms with Crippen LogP contribution in [0.15, 0.2) is 48.5 Å². The van der Waals surface area contributed by atoms with E-state index < -0.39 is 11.7 Å². The number of hydrogen-bond acceptors (Lipinski definition) is 3. The molecule has 2 aromatic rings. The minimum Gasteiger partial charge on any atom is -0.486 e. The third-order valence-corrected chi connectivity index (χ3v) is 3.49. The van der Waals surface area contributed by atoms with Crippen LogP contribution in [-0.4, -0.2) is 19.0 Å². The maximum absolute atomic E-state index is 12.5. The fourth-order valence-corrected chi connectivity index (χ4v) is 2.25. The predicted octanol–water partition coefficient (Wildman–Crippen LogP) is 4.37. The van der Waals surface area contributed by atoms with Crippen LogP contribution in [0.3, 0.4) is 0 Å². The number of rotatable bonds is 3. The summed E-state index contributed by atoms with van der Waals surface area (Å²) in [5, 5.41) is 0. The lowest BCUT2D eigenvalue weighted by molar-refractivity contribution is -0.137. The highest BCUT2D eigenvalue weighted by Crippen LogP contribution is 2.31. The molecule has 124 valence electrons. The summed E-state index contributed by atoms with van der Waals surface area (Å²) in [7, 11) is 0.